The summed E-state index contributed by atoms with van der Waals surface area (Å²) in [5.41, 5.74) is 3.11. The van der Waals surface area contributed by atoms with E-state index < -0.39 is 5.97 Å². The van der Waals surface area contributed by atoms with Crippen molar-refractivity contribution in [1.82, 2.24) is 4.57 Å². The minimum absolute atomic E-state index is 0.234. The van der Waals surface area contributed by atoms with Crippen molar-refractivity contribution in [1.29, 1.82) is 0 Å². The summed E-state index contributed by atoms with van der Waals surface area (Å²) in [6.45, 7) is 4.56. The average molecular weight is 397 g/mol. The van der Waals surface area contributed by atoms with Gasteiger partial charge in [0.05, 0.1) is 0 Å². The molecule has 0 spiro atoms. The number of carbonyl (C=O) groups excluding carboxylic acids is 2. The number of carbonyl (C=O) groups is 2. The minimum atomic E-state index is -0.482. The van der Waals surface area contributed by atoms with Crippen LogP contribution in [0.4, 0.5) is 0 Å². The molecule has 28 heavy (non-hydrogen) atoms. The number of thiophene rings is 1. The van der Waals surface area contributed by atoms with E-state index in [1.165, 1.54) is 11.3 Å². The third-order valence-electron chi connectivity index (χ3n) is 4.57. The zero-order valence-corrected chi connectivity index (χ0v) is 16.4. The van der Waals surface area contributed by atoms with E-state index in [0.717, 1.165) is 17.1 Å². The van der Waals surface area contributed by atoms with Gasteiger partial charge in [0.15, 0.2) is 18.1 Å². The number of ether oxygens (including phenoxy) is 3. The van der Waals surface area contributed by atoms with Gasteiger partial charge < -0.3 is 18.8 Å². The predicted molar refractivity (Wildman–Crippen MR) is 105 cm³/mol. The van der Waals surface area contributed by atoms with E-state index in [9.17, 15) is 9.59 Å². The number of aromatic nitrogens is 1. The summed E-state index contributed by atoms with van der Waals surface area (Å²) in [5, 5.41) is 1.79. The summed E-state index contributed by atoms with van der Waals surface area (Å²) >= 11 is 1.28. The van der Waals surface area contributed by atoms with Crippen LogP contribution >= 0.6 is 11.3 Å². The lowest BCUT2D eigenvalue weighted by atomic mass is 10.1. The first-order valence-electron chi connectivity index (χ1n) is 8.87. The van der Waals surface area contributed by atoms with Gasteiger partial charge in [-0.25, -0.2) is 4.79 Å². The second kappa shape index (κ2) is 7.52. The molecule has 0 amide bonds. The Morgan fingerprint density at radius 2 is 1.89 bits per heavy atom. The molecule has 3 aromatic rings. The molecule has 0 bridgehead atoms. The summed E-state index contributed by atoms with van der Waals surface area (Å²) < 4.78 is 18.4. The number of nitrogens with zero attached hydrogens (tertiary/aromatic N) is 1. The maximum Gasteiger partial charge on any atom is 0.348 e. The first-order valence-corrected chi connectivity index (χ1v) is 9.75. The molecule has 0 N–H and O–H groups in total. The van der Waals surface area contributed by atoms with Gasteiger partial charge >= 0.3 is 5.97 Å². The molecule has 0 radical (unpaired) electrons. The number of fused-ring (bicyclic) bond motifs is 1. The van der Waals surface area contributed by atoms with Gasteiger partial charge in [0.25, 0.3) is 0 Å². The summed E-state index contributed by atoms with van der Waals surface area (Å²) in [7, 11) is 0. The third kappa shape index (κ3) is 3.41. The molecule has 0 unspecified atom stereocenters. The second-order valence-corrected chi connectivity index (χ2v) is 7.37. The lowest BCUT2D eigenvalue weighted by Gasteiger charge is -2.20. The topological polar surface area (TPSA) is 66.8 Å². The SMILES string of the molecule is Cc1cc(C(=O)COC(=O)c2cccs2)c(C)n1-c1ccc2c(c1)OCCO2. The highest BCUT2D eigenvalue weighted by molar-refractivity contribution is 7.11. The van der Waals surface area contributed by atoms with E-state index in [-0.39, 0.29) is 12.4 Å². The number of benzene rings is 1. The molecule has 1 aliphatic rings. The molecule has 1 aliphatic heterocycles. The molecule has 1 aromatic carbocycles. The molecule has 0 saturated carbocycles. The quantitative estimate of drug-likeness (QED) is 0.481. The predicted octanol–water partition coefficient (Wildman–Crippen LogP) is 3.97. The molecule has 4 rings (SSSR count). The number of Topliss-reactive ketones (excluding diaryl/α,β-unsaturated/α-hetero) is 1. The number of aryl methyl sites for hydroxylation is 1. The van der Waals surface area contributed by atoms with Crippen LogP contribution in [0.25, 0.3) is 5.69 Å². The Labute approximate surface area is 166 Å². The number of rotatable bonds is 5. The van der Waals surface area contributed by atoms with E-state index in [2.05, 4.69) is 0 Å². The first kappa shape index (κ1) is 18.3. The highest BCUT2D eigenvalue weighted by Crippen LogP contribution is 2.33. The van der Waals surface area contributed by atoms with Gasteiger partial charge in [-0.3, -0.25) is 4.79 Å². The van der Waals surface area contributed by atoms with Gasteiger partial charge in [0, 0.05) is 28.7 Å². The van der Waals surface area contributed by atoms with Crippen molar-refractivity contribution < 1.29 is 23.8 Å². The van der Waals surface area contributed by atoms with E-state index in [1.807, 2.05) is 42.7 Å². The second-order valence-electron chi connectivity index (χ2n) is 6.42. The van der Waals surface area contributed by atoms with Crippen LogP contribution < -0.4 is 9.47 Å². The maximum atomic E-state index is 12.6. The molecule has 0 aliphatic carbocycles. The van der Waals surface area contributed by atoms with Crippen LogP contribution in [0.3, 0.4) is 0 Å². The van der Waals surface area contributed by atoms with Crippen LogP contribution in [-0.4, -0.2) is 36.1 Å². The molecule has 0 atom stereocenters. The Bertz CT molecular complexity index is 1040. The van der Waals surface area contributed by atoms with Gasteiger partial charge in [0.2, 0.25) is 5.78 Å². The van der Waals surface area contributed by atoms with E-state index >= 15 is 0 Å². The van der Waals surface area contributed by atoms with Crippen LogP contribution in [0.2, 0.25) is 0 Å². The maximum absolute atomic E-state index is 12.6. The Morgan fingerprint density at radius 1 is 1.11 bits per heavy atom. The largest absolute Gasteiger partial charge is 0.486 e. The van der Waals surface area contributed by atoms with Crippen LogP contribution in [-0.2, 0) is 4.74 Å². The van der Waals surface area contributed by atoms with Crippen molar-refractivity contribution in [3.63, 3.8) is 0 Å². The molecular formula is C21H19NO5S. The molecule has 6 nitrogen and oxygen atoms in total. The summed E-state index contributed by atoms with van der Waals surface area (Å²) in [5.74, 6) is 0.689. The fourth-order valence-electron chi connectivity index (χ4n) is 3.29. The Kier molecular flexibility index (Phi) is 4.92. The van der Waals surface area contributed by atoms with Crippen molar-refractivity contribution in [3.05, 3.63) is 63.6 Å². The average Bonchev–Trinajstić information content (AvgIpc) is 3.34. The lowest BCUT2D eigenvalue weighted by molar-refractivity contribution is 0.0479. The van der Waals surface area contributed by atoms with Crippen LogP contribution in [0.15, 0.2) is 41.8 Å². The molecule has 144 valence electrons. The van der Waals surface area contributed by atoms with Gasteiger partial charge in [0.1, 0.15) is 18.1 Å². The van der Waals surface area contributed by atoms with E-state index in [0.29, 0.717) is 35.2 Å². The molecule has 3 heterocycles. The van der Waals surface area contributed by atoms with Crippen LogP contribution in [0.1, 0.15) is 31.4 Å². The third-order valence-corrected chi connectivity index (χ3v) is 5.42. The Morgan fingerprint density at radius 3 is 2.64 bits per heavy atom. The van der Waals surface area contributed by atoms with Crippen molar-refractivity contribution in [2.75, 3.05) is 19.8 Å². The highest BCUT2D eigenvalue weighted by Gasteiger charge is 2.20. The molecular weight excluding hydrogens is 378 g/mol. The fraction of sp³-hybridized carbons (Fsp3) is 0.238. The van der Waals surface area contributed by atoms with Crippen LogP contribution in [0.5, 0.6) is 11.5 Å². The standard InChI is InChI=1S/C21H19NO5S/c1-13-10-16(17(23)12-27-21(24)20-4-3-9-28-20)14(2)22(13)15-5-6-18-19(11-15)26-8-7-25-18/h3-6,9-11H,7-8,12H2,1-2H3. The fourth-order valence-corrected chi connectivity index (χ4v) is 3.90. The van der Waals surface area contributed by atoms with Crippen LogP contribution in [0, 0.1) is 13.8 Å². The lowest BCUT2D eigenvalue weighted by Crippen LogP contribution is -2.16. The zero-order chi connectivity index (χ0) is 19.7. The summed E-state index contributed by atoms with van der Waals surface area (Å²) in [6.07, 6.45) is 0. The van der Waals surface area contributed by atoms with Gasteiger partial charge in [-0.05, 0) is 43.5 Å². The van der Waals surface area contributed by atoms with Crippen molar-refractivity contribution in [3.8, 4) is 17.2 Å². The van der Waals surface area contributed by atoms with Gasteiger partial charge in [-0.1, -0.05) is 6.07 Å². The zero-order valence-electron chi connectivity index (χ0n) is 15.6. The number of hydrogen-bond acceptors (Lipinski definition) is 6. The smallest absolute Gasteiger partial charge is 0.348 e. The highest BCUT2D eigenvalue weighted by atomic mass is 32.1. The summed E-state index contributed by atoms with van der Waals surface area (Å²) in [6, 6.07) is 11.0. The van der Waals surface area contributed by atoms with Crippen molar-refractivity contribution in [2.45, 2.75) is 13.8 Å². The van der Waals surface area contributed by atoms with Crippen molar-refractivity contribution >= 4 is 23.1 Å². The minimum Gasteiger partial charge on any atom is -0.486 e. The molecule has 2 aromatic heterocycles. The number of ketones is 1. The first-order chi connectivity index (χ1) is 13.5. The number of hydrogen-bond donors (Lipinski definition) is 0. The van der Waals surface area contributed by atoms with Gasteiger partial charge in [-0.2, -0.15) is 0 Å². The number of esters is 1. The Balaban J connectivity index is 1.55. The van der Waals surface area contributed by atoms with E-state index in [1.54, 1.807) is 17.5 Å². The molecule has 0 saturated heterocycles. The molecule has 7 heteroatoms. The summed E-state index contributed by atoms with van der Waals surface area (Å²) in [4.78, 5) is 25.1. The molecule has 0 fully saturated rings. The normalized spacial score (nSPS) is 12.6. The van der Waals surface area contributed by atoms with Crippen molar-refractivity contribution in [2.24, 2.45) is 0 Å². The Hall–Kier alpha value is -3.06. The van der Waals surface area contributed by atoms with Gasteiger partial charge in [-0.15, -0.1) is 11.3 Å². The monoisotopic (exact) mass is 397 g/mol. The van der Waals surface area contributed by atoms with E-state index in [4.69, 9.17) is 14.2 Å².